The summed E-state index contributed by atoms with van der Waals surface area (Å²) in [5.74, 6) is 1.65. The number of fused-ring (bicyclic) bond motifs is 2. The Morgan fingerprint density at radius 1 is 0.969 bits per heavy atom. The summed E-state index contributed by atoms with van der Waals surface area (Å²) in [7, 11) is 0. The summed E-state index contributed by atoms with van der Waals surface area (Å²) in [4.78, 5) is 30.4. The number of rotatable bonds is 4. The number of benzene rings is 2. The minimum atomic E-state index is -0.0152. The molecule has 168 valence electrons. The van der Waals surface area contributed by atoms with E-state index in [0.29, 0.717) is 36.8 Å². The molecule has 32 heavy (non-hydrogen) atoms. The lowest BCUT2D eigenvalue weighted by molar-refractivity contribution is -0.120. The van der Waals surface area contributed by atoms with Gasteiger partial charge in [-0.15, -0.1) is 0 Å². The number of hydrogen-bond acceptors (Lipinski definition) is 5. The van der Waals surface area contributed by atoms with E-state index in [1.807, 2.05) is 35.2 Å². The molecule has 2 aromatic carbocycles. The molecule has 3 aliphatic rings. The molecule has 0 bridgehead atoms. The molecule has 0 radical (unpaired) electrons. The third-order valence-electron chi connectivity index (χ3n) is 6.94. The average Bonchev–Trinajstić information content (AvgIpc) is 2.83. The van der Waals surface area contributed by atoms with Crippen molar-refractivity contribution in [3.05, 3.63) is 53.6 Å². The fourth-order valence-electron chi connectivity index (χ4n) is 5.12. The van der Waals surface area contributed by atoms with Gasteiger partial charge in [0.1, 0.15) is 13.2 Å². The van der Waals surface area contributed by atoms with Gasteiger partial charge < -0.3 is 14.4 Å². The van der Waals surface area contributed by atoms with E-state index in [0.717, 1.165) is 44.5 Å². The number of ether oxygens (including phenoxy) is 2. The minimum Gasteiger partial charge on any atom is -0.486 e. The summed E-state index contributed by atoms with van der Waals surface area (Å²) in [6, 6.07) is 13.9. The maximum atomic E-state index is 13.2. The highest BCUT2D eigenvalue weighted by atomic mass is 16.6. The number of anilines is 1. The molecule has 2 aromatic rings. The average molecular weight is 435 g/mol. The van der Waals surface area contributed by atoms with E-state index in [-0.39, 0.29) is 23.7 Å². The van der Waals surface area contributed by atoms with Gasteiger partial charge in [-0.05, 0) is 75.5 Å². The molecule has 0 saturated carbocycles. The van der Waals surface area contributed by atoms with Gasteiger partial charge in [-0.3, -0.25) is 14.5 Å². The highest BCUT2D eigenvalue weighted by Gasteiger charge is 2.31. The number of ketones is 1. The van der Waals surface area contributed by atoms with Crippen LogP contribution in [0.5, 0.6) is 11.5 Å². The highest BCUT2D eigenvalue weighted by Crippen LogP contribution is 2.33. The molecular formula is C26H30N2O4. The zero-order chi connectivity index (χ0) is 22.1. The van der Waals surface area contributed by atoms with Crippen LogP contribution in [-0.4, -0.2) is 55.5 Å². The van der Waals surface area contributed by atoms with Gasteiger partial charge >= 0.3 is 0 Å². The van der Waals surface area contributed by atoms with Crippen LogP contribution >= 0.6 is 0 Å². The van der Waals surface area contributed by atoms with Crippen LogP contribution in [0.1, 0.15) is 42.1 Å². The van der Waals surface area contributed by atoms with Gasteiger partial charge in [0.2, 0.25) is 5.91 Å². The van der Waals surface area contributed by atoms with Crippen molar-refractivity contribution in [2.75, 3.05) is 37.7 Å². The van der Waals surface area contributed by atoms with Crippen molar-refractivity contribution in [2.45, 2.75) is 38.6 Å². The Hall–Kier alpha value is -2.86. The Kier molecular flexibility index (Phi) is 5.87. The maximum absolute atomic E-state index is 13.2. The predicted molar refractivity (Wildman–Crippen MR) is 123 cm³/mol. The number of Topliss-reactive ketones (excluding diaryl/α,β-unsaturated/α-hetero) is 1. The van der Waals surface area contributed by atoms with Crippen LogP contribution in [0.15, 0.2) is 42.5 Å². The van der Waals surface area contributed by atoms with E-state index >= 15 is 0 Å². The van der Waals surface area contributed by atoms with Crippen molar-refractivity contribution in [3.8, 4) is 11.5 Å². The number of aryl methyl sites for hydroxylation is 1. The predicted octanol–water partition coefficient (Wildman–Crippen LogP) is 3.72. The van der Waals surface area contributed by atoms with Crippen LogP contribution in [0, 0.1) is 5.92 Å². The number of para-hydroxylation sites is 1. The number of likely N-dealkylation sites (tertiary alicyclic amines) is 1. The molecule has 0 aliphatic carbocycles. The van der Waals surface area contributed by atoms with Crippen molar-refractivity contribution in [3.63, 3.8) is 0 Å². The Morgan fingerprint density at radius 3 is 2.53 bits per heavy atom. The number of amides is 1. The summed E-state index contributed by atoms with van der Waals surface area (Å²) in [6.07, 6.45) is 3.56. The van der Waals surface area contributed by atoms with E-state index < -0.39 is 0 Å². The first-order valence-corrected chi connectivity index (χ1v) is 11.7. The van der Waals surface area contributed by atoms with Crippen molar-refractivity contribution in [1.82, 2.24) is 4.90 Å². The number of nitrogens with zero attached hydrogens (tertiary/aromatic N) is 2. The largest absolute Gasteiger partial charge is 0.486 e. The van der Waals surface area contributed by atoms with Gasteiger partial charge in [0.15, 0.2) is 17.3 Å². The normalized spacial score (nSPS) is 21.2. The van der Waals surface area contributed by atoms with Crippen LogP contribution in [-0.2, 0) is 11.2 Å². The molecule has 1 atom stereocenters. The van der Waals surface area contributed by atoms with E-state index in [4.69, 9.17) is 9.47 Å². The molecule has 5 rings (SSSR count). The van der Waals surface area contributed by atoms with E-state index in [9.17, 15) is 9.59 Å². The van der Waals surface area contributed by atoms with Crippen LogP contribution in [0.3, 0.4) is 0 Å². The molecule has 3 heterocycles. The number of piperidine rings is 1. The molecule has 1 unspecified atom stereocenters. The lowest BCUT2D eigenvalue weighted by atomic mass is 9.88. The Morgan fingerprint density at radius 2 is 1.72 bits per heavy atom. The molecule has 6 nitrogen and oxygen atoms in total. The lowest BCUT2D eigenvalue weighted by Gasteiger charge is -2.38. The van der Waals surface area contributed by atoms with Crippen LogP contribution < -0.4 is 14.4 Å². The standard InChI is InChI=1S/C26H30N2O4/c1-18-6-7-19-4-2-3-5-22(19)28(18)25(29)17-27-12-10-20(11-13-27)26(30)21-8-9-23-24(16-21)32-15-14-31-23/h2-5,8-9,16,18,20H,6-7,10-15,17H2,1H3. The van der Waals surface area contributed by atoms with Gasteiger partial charge in [-0.1, -0.05) is 18.2 Å². The van der Waals surface area contributed by atoms with Crippen LogP contribution in [0.2, 0.25) is 0 Å². The Bertz CT molecular complexity index is 1010. The summed E-state index contributed by atoms with van der Waals surface area (Å²) in [5.41, 5.74) is 2.99. The first kappa shape index (κ1) is 21.0. The number of hydrogen-bond donors (Lipinski definition) is 0. The summed E-state index contributed by atoms with van der Waals surface area (Å²) < 4.78 is 11.2. The number of carbonyl (C=O) groups is 2. The zero-order valence-electron chi connectivity index (χ0n) is 18.6. The first-order chi connectivity index (χ1) is 15.6. The van der Waals surface area contributed by atoms with E-state index in [1.54, 1.807) is 0 Å². The monoisotopic (exact) mass is 434 g/mol. The van der Waals surface area contributed by atoms with Gasteiger partial charge in [0, 0.05) is 23.2 Å². The Balaban J connectivity index is 1.19. The van der Waals surface area contributed by atoms with Crippen molar-refractivity contribution in [2.24, 2.45) is 5.92 Å². The molecule has 1 amide bonds. The van der Waals surface area contributed by atoms with Crippen molar-refractivity contribution < 1.29 is 19.1 Å². The van der Waals surface area contributed by atoms with E-state index in [2.05, 4.69) is 24.0 Å². The maximum Gasteiger partial charge on any atom is 0.241 e. The van der Waals surface area contributed by atoms with Gasteiger partial charge in [0.25, 0.3) is 0 Å². The van der Waals surface area contributed by atoms with E-state index in [1.165, 1.54) is 5.56 Å². The highest BCUT2D eigenvalue weighted by molar-refractivity contribution is 5.99. The molecule has 3 aliphatic heterocycles. The molecule has 6 heteroatoms. The van der Waals surface area contributed by atoms with Crippen molar-refractivity contribution >= 4 is 17.4 Å². The second kappa shape index (κ2) is 8.94. The fourth-order valence-corrected chi connectivity index (χ4v) is 5.12. The molecule has 0 spiro atoms. The zero-order valence-corrected chi connectivity index (χ0v) is 18.6. The SMILES string of the molecule is CC1CCc2ccccc2N1C(=O)CN1CCC(C(=O)c2ccc3c(c2)OCCO3)CC1. The fraction of sp³-hybridized carbons (Fsp3) is 0.462. The molecule has 0 aromatic heterocycles. The summed E-state index contributed by atoms with van der Waals surface area (Å²) in [6.45, 7) is 5.11. The quantitative estimate of drug-likeness (QED) is 0.687. The molecule has 0 N–H and O–H groups in total. The number of carbonyl (C=O) groups excluding carboxylic acids is 2. The summed E-state index contributed by atoms with van der Waals surface area (Å²) >= 11 is 0. The van der Waals surface area contributed by atoms with Gasteiger partial charge in [0.05, 0.1) is 6.54 Å². The Labute approximate surface area is 189 Å². The third-order valence-corrected chi connectivity index (χ3v) is 6.94. The molecule has 1 saturated heterocycles. The van der Waals surface area contributed by atoms with Crippen molar-refractivity contribution in [1.29, 1.82) is 0 Å². The summed E-state index contributed by atoms with van der Waals surface area (Å²) in [5, 5.41) is 0. The van der Waals surface area contributed by atoms with Gasteiger partial charge in [-0.2, -0.15) is 0 Å². The van der Waals surface area contributed by atoms with Gasteiger partial charge in [-0.25, -0.2) is 0 Å². The topological polar surface area (TPSA) is 59.1 Å². The second-order valence-corrected chi connectivity index (χ2v) is 9.05. The van der Waals surface area contributed by atoms with Crippen LogP contribution in [0.4, 0.5) is 5.69 Å². The first-order valence-electron chi connectivity index (χ1n) is 11.7. The minimum absolute atomic E-state index is 0.0152. The lowest BCUT2D eigenvalue weighted by Crippen LogP contribution is -2.48. The smallest absolute Gasteiger partial charge is 0.241 e. The molecule has 1 fully saturated rings. The van der Waals surface area contributed by atoms with Crippen LogP contribution in [0.25, 0.3) is 0 Å². The third kappa shape index (κ3) is 4.11. The molecular weight excluding hydrogens is 404 g/mol. The second-order valence-electron chi connectivity index (χ2n) is 9.05.